The average molecular weight is 497 g/mol. The quantitative estimate of drug-likeness (QED) is 0.215. The van der Waals surface area contributed by atoms with Crippen molar-refractivity contribution in [2.24, 2.45) is 0 Å². The molecule has 1 aromatic rings. The van der Waals surface area contributed by atoms with Crippen LogP contribution in [0, 0.1) is 10.1 Å². The predicted molar refractivity (Wildman–Crippen MR) is 133 cm³/mol. The van der Waals surface area contributed by atoms with Gasteiger partial charge in [0.2, 0.25) is 0 Å². The molecule has 1 aromatic carbocycles. The van der Waals surface area contributed by atoms with E-state index in [1.807, 2.05) is 6.92 Å². The van der Waals surface area contributed by atoms with Gasteiger partial charge in [-0.1, -0.05) is 34.1 Å². The van der Waals surface area contributed by atoms with Crippen LogP contribution >= 0.6 is 0 Å². The van der Waals surface area contributed by atoms with Gasteiger partial charge < -0.3 is 23.9 Å². The van der Waals surface area contributed by atoms with Crippen LogP contribution in [0.25, 0.3) is 0 Å². The van der Waals surface area contributed by atoms with E-state index in [-0.39, 0.29) is 40.4 Å². The molecule has 1 heterocycles. The zero-order valence-corrected chi connectivity index (χ0v) is 22.6. The normalized spacial score (nSPS) is 19.1. The first-order valence-corrected chi connectivity index (χ1v) is 14.9. The molecule has 1 aliphatic rings. The Labute approximate surface area is 203 Å². The lowest BCUT2D eigenvalue weighted by atomic mass is 9.98. The lowest BCUT2D eigenvalue weighted by molar-refractivity contribution is -0.385. The third kappa shape index (κ3) is 6.70. The number of methoxy groups -OCH3 is 1. The summed E-state index contributed by atoms with van der Waals surface area (Å²) in [5.41, 5.74) is -0.383. The Balaban J connectivity index is 2.37. The van der Waals surface area contributed by atoms with Gasteiger partial charge in [0.15, 0.2) is 19.8 Å². The van der Waals surface area contributed by atoms with Crippen molar-refractivity contribution in [1.29, 1.82) is 0 Å². The molecule has 1 saturated heterocycles. The number of unbranched alkanes of at least 4 members (excludes halogenated alkanes) is 1. The van der Waals surface area contributed by atoms with Crippen LogP contribution in [0.5, 0.6) is 11.5 Å². The maximum Gasteiger partial charge on any atom is 0.286 e. The van der Waals surface area contributed by atoms with Crippen molar-refractivity contribution in [2.45, 2.75) is 83.7 Å². The standard InChI is InChI=1S/C24H40N2O7Si/c1-8-9-12-32-22-15-20(26(29)30)19(14-21(22)31-5)23(28)25-11-10-18(27)13-17(25)16-33-34(6,7)24(2,3)4/h14-15,17-18,27H,8-13,16H2,1-7H3/t17-,18-/m0/s1. The first kappa shape index (κ1) is 28.1. The fraction of sp³-hybridized carbons (Fsp3) is 0.708. The van der Waals surface area contributed by atoms with E-state index in [0.29, 0.717) is 26.0 Å². The molecule has 9 nitrogen and oxygen atoms in total. The zero-order valence-electron chi connectivity index (χ0n) is 21.6. The largest absolute Gasteiger partial charge is 0.493 e. The van der Waals surface area contributed by atoms with Crippen molar-refractivity contribution < 1.29 is 28.7 Å². The van der Waals surface area contributed by atoms with E-state index in [4.69, 9.17) is 13.9 Å². The number of carbonyl (C=O) groups is 1. The second-order valence-corrected chi connectivity index (χ2v) is 15.2. The molecule has 0 bridgehead atoms. The molecule has 2 atom stereocenters. The molecule has 0 unspecified atom stereocenters. The summed E-state index contributed by atoms with van der Waals surface area (Å²) < 4.78 is 17.4. The number of aliphatic hydroxyl groups excluding tert-OH is 1. The fourth-order valence-corrected chi connectivity index (χ4v) is 4.64. The average Bonchev–Trinajstić information content (AvgIpc) is 2.76. The van der Waals surface area contributed by atoms with E-state index in [2.05, 4.69) is 33.9 Å². The van der Waals surface area contributed by atoms with Crippen molar-refractivity contribution in [2.75, 3.05) is 26.9 Å². The van der Waals surface area contributed by atoms with Gasteiger partial charge in [0, 0.05) is 12.6 Å². The number of hydrogen-bond acceptors (Lipinski definition) is 7. The number of piperidine rings is 1. The van der Waals surface area contributed by atoms with Gasteiger partial charge in [0.25, 0.3) is 11.6 Å². The van der Waals surface area contributed by atoms with Crippen LogP contribution in [-0.4, -0.2) is 68.2 Å². The Hall–Kier alpha value is -2.17. The Morgan fingerprint density at radius 1 is 1.29 bits per heavy atom. The number of likely N-dealkylation sites (tertiary alicyclic amines) is 1. The first-order valence-electron chi connectivity index (χ1n) is 11.9. The number of nitro groups is 1. The van der Waals surface area contributed by atoms with Gasteiger partial charge in [0.1, 0.15) is 5.56 Å². The number of amides is 1. The number of nitrogens with zero attached hydrogens (tertiary/aromatic N) is 2. The lowest BCUT2D eigenvalue weighted by Crippen LogP contribution is -2.52. The summed E-state index contributed by atoms with van der Waals surface area (Å²) in [7, 11) is -0.646. The van der Waals surface area contributed by atoms with Crippen LogP contribution in [0.1, 0.15) is 63.7 Å². The SMILES string of the molecule is CCCCOc1cc([N+](=O)[O-])c(C(=O)N2CC[C@H](O)C[C@H]2CO[Si](C)(C)C(C)(C)C)cc1OC. The van der Waals surface area contributed by atoms with Gasteiger partial charge in [-0.3, -0.25) is 14.9 Å². The minimum absolute atomic E-state index is 0.00508. The third-order valence-electron chi connectivity index (χ3n) is 6.86. The summed E-state index contributed by atoms with van der Waals surface area (Å²) in [6.07, 6.45) is 1.94. The zero-order chi connectivity index (χ0) is 25.7. The van der Waals surface area contributed by atoms with Crippen LogP contribution in [0.2, 0.25) is 18.1 Å². The number of ether oxygens (including phenoxy) is 2. The molecule has 1 fully saturated rings. The molecule has 2 rings (SSSR count). The summed E-state index contributed by atoms with van der Waals surface area (Å²) in [6.45, 7) is 13.7. The van der Waals surface area contributed by atoms with Gasteiger partial charge in [-0.05, 0) is 37.4 Å². The summed E-state index contributed by atoms with van der Waals surface area (Å²) >= 11 is 0. The topological polar surface area (TPSA) is 111 Å². The molecule has 0 spiro atoms. The highest BCUT2D eigenvalue weighted by atomic mass is 28.4. The maximum absolute atomic E-state index is 13.6. The molecule has 34 heavy (non-hydrogen) atoms. The highest BCUT2D eigenvalue weighted by molar-refractivity contribution is 6.74. The molecule has 0 aliphatic carbocycles. The van der Waals surface area contributed by atoms with Crippen molar-refractivity contribution in [3.8, 4) is 11.5 Å². The number of rotatable bonds is 10. The minimum Gasteiger partial charge on any atom is -0.493 e. The second kappa shape index (κ2) is 11.5. The molecule has 0 radical (unpaired) electrons. The predicted octanol–water partition coefficient (Wildman–Crippen LogP) is 4.77. The van der Waals surface area contributed by atoms with E-state index >= 15 is 0 Å². The number of carbonyl (C=O) groups excluding carboxylic acids is 1. The summed E-state index contributed by atoms with van der Waals surface area (Å²) in [4.78, 5) is 26.5. The van der Waals surface area contributed by atoms with E-state index in [9.17, 15) is 20.0 Å². The highest BCUT2D eigenvalue weighted by Gasteiger charge is 2.40. The molecule has 10 heteroatoms. The van der Waals surface area contributed by atoms with E-state index < -0.39 is 25.3 Å². The van der Waals surface area contributed by atoms with Crippen LogP contribution in [0.4, 0.5) is 5.69 Å². The molecule has 1 aliphatic heterocycles. The van der Waals surface area contributed by atoms with Crippen molar-refractivity contribution in [3.63, 3.8) is 0 Å². The van der Waals surface area contributed by atoms with Crippen LogP contribution < -0.4 is 9.47 Å². The highest BCUT2D eigenvalue weighted by Crippen LogP contribution is 2.38. The van der Waals surface area contributed by atoms with Crippen LogP contribution in [-0.2, 0) is 4.43 Å². The molecule has 192 valence electrons. The second-order valence-electron chi connectivity index (χ2n) is 10.4. The number of nitro benzene ring substituents is 1. The Bertz CT molecular complexity index is 870. The molecule has 1 N–H and O–H groups in total. The van der Waals surface area contributed by atoms with Crippen LogP contribution in [0.15, 0.2) is 12.1 Å². The Kier molecular flexibility index (Phi) is 9.50. The third-order valence-corrected chi connectivity index (χ3v) is 11.4. The van der Waals surface area contributed by atoms with Crippen LogP contribution in [0.3, 0.4) is 0 Å². The minimum atomic E-state index is -2.09. The maximum atomic E-state index is 13.6. The Morgan fingerprint density at radius 3 is 2.53 bits per heavy atom. The van der Waals surface area contributed by atoms with Gasteiger partial charge in [-0.2, -0.15) is 0 Å². The summed E-state index contributed by atoms with van der Waals surface area (Å²) in [5.74, 6) is 0.0445. The van der Waals surface area contributed by atoms with E-state index in [1.165, 1.54) is 19.2 Å². The van der Waals surface area contributed by atoms with Crippen molar-refractivity contribution in [1.82, 2.24) is 4.90 Å². The Morgan fingerprint density at radius 2 is 1.97 bits per heavy atom. The molecule has 1 amide bonds. The number of benzene rings is 1. The molecular formula is C24H40N2O7Si. The molecular weight excluding hydrogens is 456 g/mol. The summed E-state index contributed by atoms with van der Waals surface area (Å²) in [6, 6.07) is 2.27. The molecule has 0 saturated carbocycles. The molecule has 0 aromatic heterocycles. The monoisotopic (exact) mass is 496 g/mol. The van der Waals surface area contributed by atoms with Gasteiger partial charge in [-0.15, -0.1) is 0 Å². The van der Waals surface area contributed by atoms with Gasteiger partial charge in [-0.25, -0.2) is 0 Å². The summed E-state index contributed by atoms with van der Waals surface area (Å²) in [5, 5.41) is 22.1. The lowest BCUT2D eigenvalue weighted by Gasteiger charge is -2.42. The van der Waals surface area contributed by atoms with Gasteiger partial charge >= 0.3 is 0 Å². The van der Waals surface area contributed by atoms with E-state index in [0.717, 1.165) is 12.8 Å². The van der Waals surface area contributed by atoms with Crippen molar-refractivity contribution in [3.05, 3.63) is 27.8 Å². The number of hydrogen-bond donors (Lipinski definition) is 1. The van der Waals surface area contributed by atoms with Crippen molar-refractivity contribution >= 4 is 19.9 Å². The fourth-order valence-electron chi connectivity index (χ4n) is 3.60. The smallest absolute Gasteiger partial charge is 0.286 e. The number of aliphatic hydroxyl groups is 1. The van der Waals surface area contributed by atoms with E-state index in [1.54, 1.807) is 4.90 Å². The van der Waals surface area contributed by atoms with Gasteiger partial charge in [0.05, 0.1) is 43.5 Å². The first-order chi connectivity index (χ1) is 15.8.